The third kappa shape index (κ3) is 3.55. The number of nitro groups is 1. The van der Waals surface area contributed by atoms with Crippen molar-refractivity contribution in [2.75, 3.05) is 7.11 Å². The van der Waals surface area contributed by atoms with Gasteiger partial charge in [0, 0.05) is 41.5 Å². The lowest BCUT2D eigenvalue weighted by Crippen LogP contribution is -1.99. The maximum atomic E-state index is 11.0. The van der Waals surface area contributed by atoms with E-state index in [2.05, 4.69) is 34.6 Å². The van der Waals surface area contributed by atoms with Gasteiger partial charge < -0.3 is 14.0 Å². The second kappa shape index (κ2) is 7.82. The fourth-order valence-corrected chi connectivity index (χ4v) is 3.32. The lowest BCUT2D eigenvalue weighted by atomic mass is 10.1. The van der Waals surface area contributed by atoms with Gasteiger partial charge in [0.15, 0.2) is 0 Å². The van der Waals surface area contributed by atoms with Crippen molar-refractivity contribution in [2.24, 2.45) is 0 Å². The zero-order valence-corrected chi connectivity index (χ0v) is 16.8. The minimum Gasteiger partial charge on any atom is -0.490 e. The second-order valence-corrected chi connectivity index (χ2v) is 7.02. The van der Waals surface area contributed by atoms with Gasteiger partial charge in [-0.15, -0.1) is 0 Å². The lowest BCUT2D eigenvalue weighted by molar-refractivity contribution is -0.385. The summed E-state index contributed by atoms with van der Waals surface area (Å²) in [7, 11) is 1.39. The highest BCUT2D eigenvalue weighted by molar-refractivity contribution is 5.93. The molecule has 0 aliphatic carbocycles. The second-order valence-electron chi connectivity index (χ2n) is 7.02. The summed E-state index contributed by atoms with van der Waals surface area (Å²) in [6.45, 7) is 4.22. The zero-order valence-electron chi connectivity index (χ0n) is 16.8. The van der Waals surface area contributed by atoms with Crippen LogP contribution in [0.15, 0.2) is 61.2 Å². The van der Waals surface area contributed by atoms with Crippen LogP contribution in [0.4, 0.5) is 5.69 Å². The SMILES string of the molecule is COc1cc(Oc2ccc(-c3cn(C(C)C)c4ncncc34)cc2)ccc1[N+](=O)[O-]. The van der Waals surface area contributed by atoms with Crippen LogP contribution in [-0.4, -0.2) is 26.6 Å². The third-order valence-electron chi connectivity index (χ3n) is 4.80. The molecule has 4 rings (SSSR count). The van der Waals surface area contributed by atoms with Crippen molar-refractivity contribution in [1.29, 1.82) is 0 Å². The molecular weight excluding hydrogens is 384 g/mol. The van der Waals surface area contributed by atoms with Crippen LogP contribution in [0.2, 0.25) is 0 Å². The maximum Gasteiger partial charge on any atom is 0.311 e. The predicted octanol–water partition coefficient (Wildman–Crippen LogP) is 5.39. The van der Waals surface area contributed by atoms with E-state index in [1.54, 1.807) is 12.4 Å². The summed E-state index contributed by atoms with van der Waals surface area (Å²) in [6.07, 6.45) is 5.46. The Morgan fingerprint density at radius 2 is 1.83 bits per heavy atom. The first-order valence-electron chi connectivity index (χ1n) is 9.39. The Morgan fingerprint density at radius 3 is 2.50 bits per heavy atom. The minimum atomic E-state index is -0.491. The highest BCUT2D eigenvalue weighted by atomic mass is 16.6. The summed E-state index contributed by atoms with van der Waals surface area (Å²) in [5.74, 6) is 1.21. The molecule has 0 amide bonds. The molecule has 2 aromatic carbocycles. The first-order valence-corrected chi connectivity index (χ1v) is 9.39. The van der Waals surface area contributed by atoms with Crippen molar-refractivity contribution in [3.8, 4) is 28.4 Å². The molecule has 2 aromatic heterocycles. The molecule has 0 spiro atoms. The molecule has 0 aliphatic heterocycles. The van der Waals surface area contributed by atoms with Crippen LogP contribution in [0.1, 0.15) is 19.9 Å². The molecule has 4 aromatic rings. The van der Waals surface area contributed by atoms with E-state index in [-0.39, 0.29) is 17.5 Å². The van der Waals surface area contributed by atoms with Crippen LogP contribution in [0.25, 0.3) is 22.2 Å². The van der Waals surface area contributed by atoms with Crippen molar-refractivity contribution in [3.05, 3.63) is 71.3 Å². The van der Waals surface area contributed by atoms with Crippen molar-refractivity contribution < 1.29 is 14.4 Å². The summed E-state index contributed by atoms with van der Waals surface area (Å²) in [4.78, 5) is 19.1. The molecule has 0 atom stereocenters. The first-order chi connectivity index (χ1) is 14.5. The summed E-state index contributed by atoms with van der Waals surface area (Å²) < 4.78 is 13.1. The Kier molecular flexibility index (Phi) is 5.05. The van der Waals surface area contributed by atoms with Gasteiger partial charge in [0.1, 0.15) is 23.5 Å². The molecule has 0 saturated carbocycles. The van der Waals surface area contributed by atoms with E-state index in [0.29, 0.717) is 11.5 Å². The van der Waals surface area contributed by atoms with E-state index in [1.807, 2.05) is 30.5 Å². The van der Waals surface area contributed by atoms with Crippen molar-refractivity contribution >= 4 is 16.7 Å². The zero-order chi connectivity index (χ0) is 21.3. The number of hydrogen-bond donors (Lipinski definition) is 0. The van der Waals surface area contributed by atoms with Gasteiger partial charge in [-0.3, -0.25) is 10.1 Å². The normalized spacial score (nSPS) is 11.1. The van der Waals surface area contributed by atoms with Crippen LogP contribution in [0, 0.1) is 10.1 Å². The van der Waals surface area contributed by atoms with Crippen molar-refractivity contribution in [2.45, 2.75) is 19.9 Å². The van der Waals surface area contributed by atoms with Crippen LogP contribution >= 0.6 is 0 Å². The van der Waals surface area contributed by atoms with Crippen LogP contribution < -0.4 is 9.47 Å². The highest BCUT2D eigenvalue weighted by Gasteiger charge is 2.16. The molecular formula is C22H20N4O4. The number of rotatable bonds is 6. The topological polar surface area (TPSA) is 92.3 Å². The molecule has 0 fully saturated rings. The number of benzene rings is 2. The van der Waals surface area contributed by atoms with Gasteiger partial charge in [0.05, 0.1) is 12.0 Å². The van der Waals surface area contributed by atoms with E-state index < -0.39 is 4.92 Å². The molecule has 8 heteroatoms. The molecule has 0 saturated heterocycles. The number of nitro benzene ring substituents is 1. The third-order valence-corrected chi connectivity index (χ3v) is 4.80. The average Bonchev–Trinajstić information content (AvgIpc) is 3.14. The van der Waals surface area contributed by atoms with E-state index >= 15 is 0 Å². The summed E-state index contributed by atoms with van der Waals surface area (Å²) in [5, 5.41) is 12.0. The van der Waals surface area contributed by atoms with Crippen LogP contribution in [-0.2, 0) is 0 Å². The van der Waals surface area contributed by atoms with Gasteiger partial charge in [0.2, 0.25) is 5.75 Å². The highest BCUT2D eigenvalue weighted by Crippen LogP contribution is 2.35. The summed E-state index contributed by atoms with van der Waals surface area (Å²) in [5.41, 5.74) is 2.85. The van der Waals surface area contributed by atoms with Crippen molar-refractivity contribution in [1.82, 2.24) is 14.5 Å². The molecule has 0 bridgehead atoms. The first kappa shape index (κ1) is 19.4. The summed E-state index contributed by atoms with van der Waals surface area (Å²) in [6, 6.07) is 12.3. The minimum absolute atomic E-state index is 0.107. The van der Waals surface area contributed by atoms with Crippen LogP contribution in [0.5, 0.6) is 17.2 Å². The molecule has 2 heterocycles. The van der Waals surface area contributed by atoms with Gasteiger partial charge in [0.25, 0.3) is 0 Å². The molecule has 30 heavy (non-hydrogen) atoms. The Labute approximate surface area is 172 Å². The standard InChI is InChI=1S/C22H20N4O4/c1-14(2)25-12-19(18-11-23-13-24-22(18)25)15-4-6-16(7-5-15)30-17-8-9-20(26(27)28)21(10-17)29-3/h4-14H,1-3H3. The lowest BCUT2D eigenvalue weighted by Gasteiger charge is -2.09. The van der Waals surface area contributed by atoms with E-state index in [9.17, 15) is 10.1 Å². The number of methoxy groups -OCH3 is 1. The quantitative estimate of drug-likeness (QED) is 0.316. The Bertz CT molecular complexity index is 1220. The average molecular weight is 404 g/mol. The molecule has 0 aliphatic rings. The number of ether oxygens (including phenoxy) is 2. The molecule has 8 nitrogen and oxygen atoms in total. The molecule has 0 radical (unpaired) electrons. The Morgan fingerprint density at radius 1 is 1.10 bits per heavy atom. The fraction of sp³-hybridized carbons (Fsp3) is 0.182. The maximum absolute atomic E-state index is 11.0. The van der Waals surface area contributed by atoms with E-state index in [1.165, 1.54) is 19.2 Å². The van der Waals surface area contributed by atoms with Crippen LogP contribution in [0.3, 0.4) is 0 Å². The summed E-state index contributed by atoms with van der Waals surface area (Å²) >= 11 is 0. The number of aromatic nitrogens is 3. The van der Waals surface area contributed by atoms with E-state index in [4.69, 9.17) is 9.47 Å². The van der Waals surface area contributed by atoms with Gasteiger partial charge in [-0.25, -0.2) is 9.97 Å². The van der Waals surface area contributed by atoms with Gasteiger partial charge in [-0.1, -0.05) is 12.1 Å². The largest absolute Gasteiger partial charge is 0.490 e. The van der Waals surface area contributed by atoms with Gasteiger partial charge in [-0.05, 0) is 37.6 Å². The number of hydrogen-bond acceptors (Lipinski definition) is 6. The number of nitrogens with zero attached hydrogens (tertiary/aromatic N) is 4. The Balaban J connectivity index is 1.63. The molecule has 0 N–H and O–H groups in total. The smallest absolute Gasteiger partial charge is 0.311 e. The van der Waals surface area contributed by atoms with Gasteiger partial charge in [-0.2, -0.15) is 0 Å². The predicted molar refractivity (Wildman–Crippen MR) is 113 cm³/mol. The molecule has 0 unspecified atom stereocenters. The monoisotopic (exact) mass is 404 g/mol. The molecule has 152 valence electrons. The number of fused-ring (bicyclic) bond motifs is 1. The van der Waals surface area contributed by atoms with E-state index in [0.717, 1.165) is 22.2 Å². The van der Waals surface area contributed by atoms with Gasteiger partial charge >= 0.3 is 5.69 Å². The van der Waals surface area contributed by atoms with Crippen molar-refractivity contribution in [3.63, 3.8) is 0 Å². The Hall–Kier alpha value is -3.94. The fourth-order valence-electron chi connectivity index (χ4n) is 3.32.